The third kappa shape index (κ3) is 4.47. The molecule has 130 valence electrons. The molecule has 1 heterocycles. The van der Waals surface area contributed by atoms with Gasteiger partial charge in [-0.05, 0) is 24.5 Å². The van der Waals surface area contributed by atoms with E-state index in [4.69, 9.17) is 9.47 Å². The van der Waals surface area contributed by atoms with Crippen molar-refractivity contribution in [3.8, 4) is 0 Å². The lowest BCUT2D eigenvalue weighted by molar-refractivity contribution is -0.152. The second-order valence-corrected chi connectivity index (χ2v) is 6.80. The second-order valence-electron chi connectivity index (χ2n) is 6.80. The third-order valence-electron chi connectivity index (χ3n) is 4.52. The average Bonchev–Trinajstić information content (AvgIpc) is 2.88. The fourth-order valence-corrected chi connectivity index (χ4v) is 3.21. The molecular weight excluding hydrogens is 316 g/mol. The summed E-state index contributed by atoms with van der Waals surface area (Å²) in [6, 6.07) is 19.4. The average molecular weight is 338 g/mol. The van der Waals surface area contributed by atoms with Gasteiger partial charge in [-0.1, -0.05) is 60.7 Å². The highest BCUT2D eigenvalue weighted by Gasteiger charge is 2.45. The summed E-state index contributed by atoms with van der Waals surface area (Å²) in [6.45, 7) is 2.14. The number of esters is 2. The normalized spacial score (nSPS) is 22.4. The van der Waals surface area contributed by atoms with Crippen molar-refractivity contribution in [2.24, 2.45) is 5.41 Å². The minimum Gasteiger partial charge on any atom is -0.461 e. The first-order valence-electron chi connectivity index (χ1n) is 8.50. The molecule has 25 heavy (non-hydrogen) atoms. The van der Waals surface area contributed by atoms with E-state index < -0.39 is 11.5 Å². The van der Waals surface area contributed by atoms with Crippen LogP contribution in [0.3, 0.4) is 0 Å². The zero-order valence-corrected chi connectivity index (χ0v) is 14.3. The van der Waals surface area contributed by atoms with Crippen LogP contribution in [-0.2, 0) is 32.1 Å². The van der Waals surface area contributed by atoms with Crippen molar-refractivity contribution in [1.82, 2.24) is 0 Å². The molecule has 2 atom stereocenters. The molecule has 4 heteroatoms. The van der Waals surface area contributed by atoms with Gasteiger partial charge in [0.05, 0.1) is 11.8 Å². The Morgan fingerprint density at radius 2 is 1.68 bits per heavy atom. The molecule has 0 radical (unpaired) electrons. The molecule has 0 aromatic heterocycles. The van der Waals surface area contributed by atoms with Gasteiger partial charge in [-0.15, -0.1) is 0 Å². The minimum absolute atomic E-state index is 0.100. The van der Waals surface area contributed by atoms with E-state index in [1.54, 1.807) is 0 Å². The molecule has 0 amide bonds. The van der Waals surface area contributed by atoms with Crippen LogP contribution in [0, 0.1) is 5.41 Å². The SMILES string of the molecule is CC1(Cc2ccccc2)CC(CC(=O)OCc2ccccc2)OC1=O. The molecule has 0 aliphatic carbocycles. The van der Waals surface area contributed by atoms with Gasteiger partial charge >= 0.3 is 11.9 Å². The van der Waals surface area contributed by atoms with Crippen molar-refractivity contribution >= 4 is 11.9 Å². The van der Waals surface area contributed by atoms with E-state index >= 15 is 0 Å². The van der Waals surface area contributed by atoms with Crippen LogP contribution in [-0.4, -0.2) is 18.0 Å². The van der Waals surface area contributed by atoms with Crippen molar-refractivity contribution < 1.29 is 19.1 Å². The van der Waals surface area contributed by atoms with Crippen LogP contribution in [0.4, 0.5) is 0 Å². The van der Waals surface area contributed by atoms with Crippen LogP contribution >= 0.6 is 0 Å². The van der Waals surface area contributed by atoms with Crippen LogP contribution in [0.5, 0.6) is 0 Å². The Hall–Kier alpha value is -2.62. The molecule has 2 unspecified atom stereocenters. The second kappa shape index (κ2) is 7.51. The van der Waals surface area contributed by atoms with Gasteiger partial charge in [-0.3, -0.25) is 9.59 Å². The summed E-state index contributed by atoms with van der Waals surface area (Å²) in [6.07, 6.45) is 0.830. The summed E-state index contributed by atoms with van der Waals surface area (Å²) in [5, 5.41) is 0. The molecule has 0 saturated carbocycles. The number of ether oxygens (including phenoxy) is 2. The van der Waals surface area contributed by atoms with E-state index in [2.05, 4.69) is 0 Å². The van der Waals surface area contributed by atoms with Crippen molar-refractivity contribution in [3.05, 3.63) is 71.8 Å². The van der Waals surface area contributed by atoms with E-state index in [9.17, 15) is 9.59 Å². The summed E-state index contributed by atoms with van der Waals surface area (Å²) in [5.41, 5.74) is 1.44. The van der Waals surface area contributed by atoms with E-state index in [1.807, 2.05) is 67.6 Å². The monoisotopic (exact) mass is 338 g/mol. The maximum Gasteiger partial charge on any atom is 0.312 e. The summed E-state index contributed by atoms with van der Waals surface area (Å²) in [4.78, 5) is 24.3. The third-order valence-corrected chi connectivity index (χ3v) is 4.52. The summed E-state index contributed by atoms with van der Waals surface area (Å²) in [5.74, 6) is -0.581. The fourth-order valence-electron chi connectivity index (χ4n) is 3.21. The Kier molecular flexibility index (Phi) is 5.17. The van der Waals surface area contributed by atoms with E-state index in [-0.39, 0.29) is 25.0 Å². The molecule has 2 aromatic carbocycles. The van der Waals surface area contributed by atoms with Gasteiger partial charge in [0, 0.05) is 6.42 Å². The van der Waals surface area contributed by atoms with Crippen LogP contribution in [0.1, 0.15) is 30.9 Å². The van der Waals surface area contributed by atoms with Gasteiger partial charge in [0.15, 0.2) is 0 Å². The molecule has 1 aliphatic heterocycles. The quantitative estimate of drug-likeness (QED) is 0.754. The number of rotatable bonds is 6. The van der Waals surface area contributed by atoms with Crippen LogP contribution < -0.4 is 0 Å². The van der Waals surface area contributed by atoms with Gasteiger partial charge in [-0.25, -0.2) is 0 Å². The fraction of sp³-hybridized carbons (Fsp3) is 0.333. The highest BCUT2D eigenvalue weighted by molar-refractivity contribution is 5.80. The predicted molar refractivity (Wildman–Crippen MR) is 93.6 cm³/mol. The Balaban J connectivity index is 1.52. The Labute approximate surface area is 147 Å². The molecule has 4 nitrogen and oxygen atoms in total. The van der Waals surface area contributed by atoms with Gasteiger partial charge in [0.25, 0.3) is 0 Å². The molecule has 1 saturated heterocycles. The number of carbonyl (C=O) groups excluding carboxylic acids is 2. The van der Waals surface area contributed by atoms with E-state index in [1.165, 1.54) is 0 Å². The molecule has 0 N–H and O–H groups in total. The highest BCUT2D eigenvalue weighted by atomic mass is 16.6. The first-order valence-corrected chi connectivity index (χ1v) is 8.50. The van der Waals surface area contributed by atoms with Gasteiger partial charge in [-0.2, -0.15) is 0 Å². The van der Waals surface area contributed by atoms with Crippen LogP contribution in [0.15, 0.2) is 60.7 Å². The van der Waals surface area contributed by atoms with E-state index in [0.29, 0.717) is 12.8 Å². The van der Waals surface area contributed by atoms with Crippen molar-refractivity contribution in [2.45, 2.75) is 38.9 Å². The van der Waals surface area contributed by atoms with Crippen molar-refractivity contribution in [3.63, 3.8) is 0 Å². The Bertz CT molecular complexity index is 726. The number of carbonyl (C=O) groups is 2. The molecule has 0 spiro atoms. The van der Waals surface area contributed by atoms with Gasteiger partial charge in [0.1, 0.15) is 12.7 Å². The summed E-state index contributed by atoms with van der Waals surface area (Å²) in [7, 11) is 0. The topological polar surface area (TPSA) is 52.6 Å². The lowest BCUT2D eigenvalue weighted by Crippen LogP contribution is -2.25. The van der Waals surface area contributed by atoms with Gasteiger partial charge in [0.2, 0.25) is 0 Å². The number of cyclic esters (lactones) is 1. The van der Waals surface area contributed by atoms with Gasteiger partial charge < -0.3 is 9.47 Å². The Morgan fingerprint density at radius 1 is 1.08 bits per heavy atom. The lowest BCUT2D eigenvalue weighted by atomic mass is 9.80. The number of hydrogen-bond donors (Lipinski definition) is 0. The highest BCUT2D eigenvalue weighted by Crippen LogP contribution is 2.38. The number of hydrogen-bond acceptors (Lipinski definition) is 4. The van der Waals surface area contributed by atoms with E-state index in [0.717, 1.165) is 11.1 Å². The molecule has 2 aromatic rings. The molecule has 1 aliphatic rings. The van der Waals surface area contributed by atoms with Crippen molar-refractivity contribution in [2.75, 3.05) is 0 Å². The maximum atomic E-state index is 12.3. The molecule has 1 fully saturated rings. The summed E-state index contributed by atoms with van der Waals surface area (Å²) < 4.78 is 10.7. The Morgan fingerprint density at radius 3 is 2.32 bits per heavy atom. The zero-order chi connectivity index (χ0) is 17.7. The smallest absolute Gasteiger partial charge is 0.312 e. The largest absolute Gasteiger partial charge is 0.461 e. The lowest BCUT2D eigenvalue weighted by Gasteiger charge is -2.18. The molecular formula is C21H22O4. The standard InChI is InChI=1S/C21H22O4/c1-21(13-16-8-4-2-5-9-16)14-18(25-20(21)23)12-19(22)24-15-17-10-6-3-7-11-17/h2-11,18H,12-15H2,1H3. The predicted octanol–water partition coefficient (Wildman–Crippen LogP) is 3.68. The zero-order valence-electron chi connectivity index (χ0n) is 14.3. The summed E-state index contributed by atoms with van der Waals surface area (Å²) >= 11 is 0. The first kappa shape index (κ1) is 17.2. The molecule has 0 bridgehead atoms. The van der Waals surface area contributed by atoms with Crippen LogP contribution in [0.25, 0.3) is 0 Å². The first-order chi connectivity index (χ1) is 12.0. The minimum atomic E-state index is -0.592. The number of benzene rings is 2. The van der Waals surface area contributed by atoms with Crippen LogP contribution in [0.2, 0.25) is 0 Å². The molecule has 3 rings (SSSR count). The van der Waals surface area contributed by atoms with Crippen molar-refractivity contribution in [1.29, 1.82) is 0 Å². The maximum absolute atomic E-state index is 12.3.